The maximum absolute atomic E-state index is 11.2. The molecule has 1 unspecified atom stereocenters. The summed E-state index contributed by atoms with van der Waals surface area (Å²) < 4.78 is 5.40. The highest BCUT2D eigenvalue weighted by molar-refractivity contribution is 5.89. The summed E-state index contributed by atoms with van der Waals surface area (Å²) >= 11 is 0. The minimum atomic E-state index is -0.579. The molecule has 4 N–H and O–H groups in total. The van der Waals surface area contributed by atoms with Crippen LogP contribution in [0.4, 0.5) is 0 Å². The van der Waals surface area contributed by atoms with E-state index in [-0.39, 0.29) is 11.8 Å². The lowest BCUT2D eigenvalue weighted by atomic mass is 10.1. The second-order valence-corrected chi connectivity index (χ2v) is 6.35. The number of aliphatic imine (C=N–C) groups is 1. The van der Waals surface area contributed by atoms with Gasteiger partial charge in [0.25, 0.3) is 5.91 Å². The number of carbonyl (C=O) groups excluding carboxylic acids is 1. The van der Waals surface area contributed by atoms with Crippen molar-refractivity contribution in [1.82, 2.24) is 15.5 Å². The number of benzene rings is 1. The van der Waals surface area contributed by atoms with Crippen LogP contribution in [0.15, 0.2) is 51.9 Å². The third-order valence-corrected chi connectivity index (χ3v) is 4.54. The zero-order valence-electron chi connectivity index (χ0n) is 16.9. The van der Waals surface area contributed by atoms with E-state index in [1.54, 1.807) is 12.1 Å². The van der Waals surface area contributed by atoms with Gasteiger partial charge < -0.3 is 20.8 Å². The van der Waals surface area contributed by atoms with Crippen LogP contribution in [0.25, 0.3) is 0 Å². The smallest absolute Gasteiger partial charge is 0.284 e. The zero-order valence-corrected chi connectivity index (χ0v) is 16.9. The molecule has 28 heavy (non-hydrogen) atoms. The van der Waals surface area contributed by atoms with Crippen molar-refractivity contribution in [3.8, 4) is 0 Å². The summed E-state index contributed by atoms with van der Waals surface area (Å²) in [5, 5.41) is 6.68. The fraction of sp³-hybridized carbons (Fsp3) is 0.429. The van der Waals surface area contributed by atoms with Crippen molar-refractivity contribution in [2.75, 3.05) is 26.2 Å². The van der Waals surface area contributed by atoms with Crippen LogP contribution in [-0.4, -0.2) is 42.9 Å². The summed E-state index contributed by atoms with van der Waals surface area (Å²) in [4.78, 5) is 18.1. The molecule has 7 nitrogen and oxygen atoms in total. The predicted molar refractivity (Wildman–Crippen MR) is 112 cm³/mol. The first-order valence-corrected chi connectivity index (χ1v) is 9.78. The Kier molecular flexibility index (Phi) is 8.55. The summed E-state index contributed by atoms with van der Waals surface area (Å²) in [7, 11) is 0. The van der Waals surface area contributed by atoms with Gasteiger partial charge in [-0.1, -0.05) is 44.2 Å². The molecule has 152 valence electrons. The highest BCUT2D eigenvalue weighted by atomic mass is 16.3. The maximum Gasteiger partial charge on any atom is 0.284 e. The van der Waals surface area contributed by atoms with E-state index < -0.39 is 5.91 Å². The van der Waals surface area contributed by atoms with Crippen LogP contribution < -0.4 is 16.4 Å². The van der Waals surface area contributed by atoms with Crippen LogP contribution in [0.1, 0.15) is 48.7 Å². The van der Waals surface area contributed by atoms with E-state index in [0.29, 0.717) is 18.3 Å². The number of hydrogen-bond acceptors (Lipinski definition) is 4. The summed E-state index contributed by atoms with van der Waals surface area (Å²) in [6, 6.07) is 14.0. The first kappa shape index (κ1) is 21.5. The third-order valence-electron chi connectivity index (χ3n) is 4.54. The van der Waals surface area contributed by atoms with Crippen molar-refractivity contribution in [1.29, 1.82) is 0 Å². The Bertz CT molecular complexity index is 753. The second kappa shape index (κ2) is 11.1. The maximum atomic E-state index is 11.2. The first-order chi connectivity index (χ1) is 13.6. The third kappa shape index (κ3) is 6.13. The molecule has 1 amide bonds. The number of nitrogens with two attached hydrogens (primary N) is 1. The number of hydrogen-bond donors (Lipinski definition) is 3. The normalized spacial score (nSPS) is 12.8. The first-order valence-electron chi connectivity index (χ1n) is 9.78. The average Bonchev–Trinajstić information content (AvgIpc) is 3.19. The summed E-state index contributed by atoms with van der Waals surface area (Å²) in [5.41, 5.74) is 6.49. The Morgan fingerprint density at radius 2 is 1.82 bits per heavy atom. The van der Waals surface area contributed by atoms with Gasteiger partial charge in [-0.05, 0) is 37.7 Å². The molecule has 0 fully saturated rings. The van der Waals surface area contributed by atoms with Gasteiger partial charge in [-0.25, -0.2) is 4.99 Å². The SMILES string of the molecule is CCNC(=NCc1ccc(C(N)=O)o1)NCC(c1ccccc1)N(CC)CC. The van der Waals surface area contributed by atoms with Gasteiger partial charge in [-0.2, -0.15) is 0 Å². The van der Waals surface area contributed by atoms with Crippen LogP contribution >= 0.6 is 0 Å². The Hall–Kier alpha value is -2.80. The highest BCUT2D eigenvalue weighted by Crippen LogP contribution is 2.19. The van der Waals surface area contributed by atoms with Crippen molar-refractivity contribution >= 4 is 11.9 Å². The van der Waals surface area contributed by atoms with E-state index in [1.807, 2.05) is 13.0 Å². The fourth-order valence-electron chi connectivity index (χ4n) is 3.08. The molecule has 0 saturated heterocycles. The molecule has 7 heteroatoms. The van der Waals surface area contributed by atoms with Crippen LogP contribution in [-0.2, 0) is 6.54 Å². The van der Waals surface area contributed by atoms with Gasteiger partial charge in [0.1, 0.15) is 12.3 Å². The van der Waals surface area contributed by atoms with E-state index >= 15 is 0 Å². The predicted octanol–water partition coefficient (Wildman–Crippen LogP) is 2.52. The molecule has 0 aliphatic heterocycles. The van der Waals surface area contributed by atoms with Gasteiger partial charge in [-0.15, -0.1) is 0 Å². The van der Waals surface area contributed by atoms with Gasteiger partial charge in [-0.3, -0.25) is 9.69 Å². The van der Waals surface area contributed by atoms with Gasteiger partial charge in [0.2, 0.25) is 0 Å². The van der Waals surface area contributed by atoms with E-state index in [0.717, 1.165) is 26.2 Å². The fourth-order valence-corrected chi connectivity index (χ4v) is 3.08. The molecule has 2 rings (SSSR count). The summed E-state index contributed by atoms with van der Waals surface area (Å²) in [6.45, 7) is 10.1. The Balaban J connectivity index is 2.08. The van der Waals surface area contributed by atoms with Crippen LogP contribution in [0.2, 0.25) is 0 Å². The van der Waals surface area contributed by atoms with E-state index in [2.05, 4.69) is 58.6 Å². The molecular weight excluding hydrogens is 354 g/mol. The number of nitrogens with one attached hydrogen (secondary N) is 2. The minimum absolute atomic E-state index is 0.147. The Labute approximate surface area is 167 Å². The quantitative estimate of drug-likeness (QED) is 0.431. The monoisotopic (exact) mass is 385 g/mol. The minimum Gasteiger partial charge on any atom is -0.454 e. The summed E-state index contributed by atoms with van der Waals surface area (Å²) in [5.74, 6) is 0.862. The van der Waals surface area contributed by atoms with Crippen molar-refractivity contribution < 1.29 is 9.21 Å². The Morgan fingerprint density at radius 3 is 2.39 bits per heavy atom. The van der Waals surface area contributed by atoms with Crippen LogP contribution in [0, 0.1) is 0 Å². The number of nitrogens with zero attached hydrogens (tertiary/aromatic N) is 2. The van der Waals surface area contributed by atoms with Crippen LogP contribution in [0.5, 0.6) is 0 Å². The van der Waals surface area contributed by atoms with E-state index in [4.69, 9.17) is 10.2 Å². The lowest BCUT2D eigenvalue weighted by molar-refractivity contribution is 0.0972. The molecule has 1 heterocycles. The number of guanidine groups is 1. The lowest BCUT2D eigenvalue weighted by Crippen LogP contribution is -2.43. The molecule has 0 saturated carbocycles. The largest absolute Gasteiger partial charge is 0.454 e. The number of primary amides is 1. The van der Waals surface area contributed by atoms with Crippen molar-refractivity contribution in [3.05, 3.63) is 59.5 Å². The van der Waals surface area contributed by atoms with Crippen molar-refractivity contribution in [2.24, 2.45) is 10.7 Å². The number of amides is 1. The standard InChI is InChI=1S/C21H31N5O2/c1-4-23-21(24-14-17-12-13-19(28-17)20(22)27)25-15-18(26(5-2)6-3)16-10-8-7-9-11-16/h7-13,18H,4-6,14-15H2,1-3H3,(H2,22,27)(H2,23,24,25). The van der Waals surface area contributed by atoms with E-state index in [1.165, 1.54) is 5.56 Å². The lowest BCUT2D eigenvalue weighted by Gasteiger charge is -2.30. The van der Waals surface area contributed by atoms with Gasteiger partial charge in [0.15, 0.2) is 11.7 Å². The molecule has 0 bridgehead atoms. The Morgan fingerprint density at radius 1 is 1.11 bits per heavy atom. The molecule has 1 aromatic carbocycles. The van der Waals surface area contributed by atoms with Crippen molar-refractivity contribution in [3.63, 3.8) is 0 Å². The number of likely N-dealkylation sites (N-methyl/N-ethyl adjacent to an activating group) is 1. The van der Waals surface area contributed by atoms with E-state index in [9.17, 15) is 4.79 Å². The molecule has 2 aromatic rings. The number of carbonyl (C=O) groups is 1. The molecule has 0 aliphatic carbocycles. The van der Waals surface area contributed by atoms with Crippen LogP contribution in [0.3, 0.4) is 0 Å². The van der Waals surface area contributed by atoms with Gasteiger partial charge >= 0.3 is 0 Å². The molecule has 0 aliphatic rings. The zero-order chi connectivity index (χ0) is 20.4. The molecule has 0 spiro atoms. The molecule has 1 aromatic heterocycles. The highest BCUT2D eigenvalue weighted by Gasteiger charge is 2.18. The number of rotatable bonds is 10. The second-order valence-electron chi connectivity index (χ2n) is 6.35. The van der Waals surface area contributed by atoms with Gasteiger partial charge in [0, 0.05) is 13.1 Å². The molecule has 0 radical (unpaired) electrons. The van der Waals surface area contributed by atoms with Gasteiger partial charge in [0.05, 0.1) is 6.04 Å². The molecule has 1 atom stereocenters. The summed E-state index contributed by atoms with van der Waals surface area (Å²) in [6.07, 6.45) is 0. The topological polar surface area (TPSA) is 95.9 Å². The number of furan rings is 1. The molecular formula is C21H31N5O2. The average molecular weight is 386 g/mol. The van der Waals surface area contributed by atoms with Crippen molar-refractivity contribution in [2.45, 2.75) is 33.4 Å².